The van der Waals surface area contributed by atoms with Gasteiger partial charge in [0.2, 0.25) is 5.91 Å². The summed E-state index contributed by atoms with van der Waals surface area (Å²) in [5.74, 6) is 1.89. The van der Waals surface area contributed by atoms with Crippen LogP contribution in [0.3, 0.4) is 0 Å². The second-order valence-electron chi connectivity index (χ2n) is 7.25. The largest absolute Gasteiger partial charge is 0.445 e. The Morgan fingerprint density at radius 3 is 2.41 bits per heavy atom. The minimum absolute atomic E-state index is 0.0510. The highest BCUT2D eigenvalue weighted by atomic mass is 16.6. The second kappa shape index (κ2) is 12.3. The van der Waals surface area contributed by atoms with Crippen LogP contribution in [0.5, 0.6) is 0 Å². The molecule has 29 heavy (non-hydrogen) atoms. The molecule has 0 radical (unpaired) electrons. The van der Waals surface area contributed by atoms with Gasteiger partial charge in [0.15, 0.2) is 0 Å². The molecule has 0 aromatic heterocycles. The number of terminal acetylenes is 1. The van der Waals surface area contributed by atoms with Crippen molar-refractivity contribution in [2.75, 3.05) is 13.1 Å². The van der Waals surface area contributed by atoms with E-state index in [1.54, 1.807) is 20.8 Å². The van der Waals surface area contributed by atoms with Crippen LogP contribution in [0, 0.1) is 12.3 Å². The van der Waals surface area contributed by atoms with E-state index in [0.29, 0.717) is 6.42 Å². The fourth-order valence-corrected chi connectivity index (χ4v) is 2.25. The maximum atomic E-state index is 12.2. The van der Waals surface area contributed by atoms with Crippen LogP contribution in [0.4, 0.5) is 9.59 Å². The number of amides is 3. The Hall–Kier alpha value is -3.21. The highest BCUT2D eigenvalue weighted by molar-refractivity contribution is 5.85. The standard InChI is InChI=1S/C21H29N3O5/c1-5-13-22-18(25)17(24-20(27)29-21(2,3)4)12-9-14-23-19(26)28-15-16-10-7-6-8-11-16/h1,6-8,10-11,17H,9,12-15H2,2-4H3,(H,22,25)(H,23,26)(H,24,27)/t17-/m0/s1. The Morgan fingerprint density at radius 2 is 1.79 bits per heavy atom. The number of carbonyl (C=O) groups excluding carboxylic acids is 3. The van der Waals surface area contributed by atoms with Crippen molar-refractivity contribution in [3.63, 3.8) is 0 Å². The fraction of sp³-hybridized carbons (Fsp3) is 0.476. The van der Waals surface area contributed by atoms with Crippen LogP contribution < -0.4 is 16.0 Å². The van der Waals surface area contributed by atoms with Crippen molar-refractivity contribution in [2.24, 2.45) is 0 Å². The Morgan fingerprint density at radius 1 is 1.10 bits per heavy atom. The van der Waals surface area contributed by atoms with E-state index in [1.807, 2.05) is 30.3 Å². The molecule has 0 fully saturated rings. The molecule has 1 aromatic rings. The third kappa shape index (κ3) is 11.3. The van der Waals surface area contributed by atoms with Gasteiger partial charge in [0, 0.05) is 6.54 Å². The number of nitrogens with one attached hydrogen (secondary N) is 3. The van der Waals surface area contributed by atoms with E-state index in [-0.39, 0.29) is 26.1 Å². The molecule has 0 saturated heterocycles. The minimum atomic E-state index is -0.833. The number of carbonyl (C=O) groups is 3. The van der Waals surface area contributed by atoms with Gasteiger partial charge in [-0.3, -0.25) is 4.79 Å². The zero-order chi connectivity index (χ0) is 21.7. The van der Waals surface area contributed by atoms with Gasteiger partial charge in [0.25, 0.3) is 0 Å². The van der Waals surface area contributed by atoms with Gasteiger partial charge in [-0.2, -0.15) is 0 Å². The number of alkyl carbamates (subject to hydrolysis) is 2. The first-order valence-electron chi connectivity index (χ1n) is 9.36. The molecular formula is C21H29N3O5. The third-order valence-electron chi connectivity index (χ3n) is 3.52. The van der Waals surface area contributed by atoms with Crippen molar-refractivity contribution < 1.29 is 23.9 Å². The minimum Gasteiger partial charge on any atom is -0.445 e. The molecule has 0 aliphatic heterocycles. The van der Waals surface area contributed by atoms with Gasteiger partial charge in [-0.05, 0) is 39.2 Å². The van der Waals surface area contributed by atoms with Crippen LogP contribution in [0.15, 0.2) is 30.3 Å². The van der Waals surface area contributed by atoms with E-state index in [1.165, 1.54) is 0 Å². The lowest BCUT2D eigenvalue weighted by Gasteiger charge is -2.23. The maximum absolute atomic E-state index is 12.2. The number of hydrogen-bond donors (Lipinski definition) is 3. The summed E-state index contributed by atoms with van der Waals surface area (Å²) in [7, 11) is 0. The van der Waals surface area contributed by atoms with Gasteiger partial charge in [0.1, 0.15) is 18.2 Å². The third-order valence-corrected chi connectivity index (χ3v) is 3.52. The van der Waals surface area contributed by atoms with E-state index >= 15 is 0 Å². The van der Waals surface area contributed by atoms with Crippen molar-refractivity contribution >= 4 is 18.1 Å². The van der Waals surface area contributed by atoms with E-state index < -0.39 is 29.7 Å². The summed E-state index contributed by atoms with van der Waals surface area (Å²) in [5.41, 5.74) is 0.197. The van der Waals surface area contributed by atoms with E-state index in [9.17, 15) is 14.4 Å². The lowest BCUT2D eigenvalue weighted by Crippen LogP contribution is -2.48. The normalized spacial score (nSPS) is 11.5. The number of hydrogen-bond acceptors (Lipinski definition) is 5. The van der Waals surface area contributed by atoms with Crippen LogP contribution >= 0.6 is 0 Å². The van der Waals surface area contributed by atoms with Crippen molar-refractivity contribution in [2.45, 2.75) is 51.9 Å². The molecule has 0 saturated carbocycles. The zero-order valence-corrected chi connectivity index (χ0v) is 17.1. The van der Waals surface area contributed by atoms with Gasteiger partial charge in [-0.25, -0.2) is 9.59 Å². The van der Waals surface area contributed by atoms with E-state index in [4.69, 9.17) is 15.9 Å². The highest BCUT2D eigenvalue weighted by Crippen LogP contribution is 2.08. The summed E-state index contributed by atoms with van der Waals surface area (Å²) < 4.78 is 10.3. The van der Waals surface area contributed by atoms with E-state index in [2.05, 4.69) is 21.9 Å². The monoisotopic (exact) mass is 403 g/mol. The Kier molecular flexibility index (Phi) is 10.1. The molecule has 158 valence electrons. The highest BCUT2D eigenvalue weighted by Gasteiger charge is 2.23. The molecule has 1 aromatic carbocycles. The molecule has 0 aliphatic carbocycles. The molecule has 8 nitrogen and oxygen atoms in total. The van der Waals surface area contributed by atoms with Gasteiger partial charge < -0.3 is 25.4 Å². The molecule has 3 amide bonds. The first kappa shape index (κ1) is 23.8. The topological polar surface area (TPSA) is 106 Å². The predicted molar refractivity (Wildman–Crippen MR) is 109 cm³/mol. The van der Waals surface area contributed by atoms with Crippen molar-refractivity contribution in [3.05, 3.63) is 35.9 Å². The summed E-state index contributed by atoms with van der Waals surface area (Å²) in [6.07, 6.45) is 4.62. The summed E-state index contributed by atoms with van der Waals surface area (Å²) in [5, 5.41) is 7.68. The number of benzene rings is 1. The Labute approximate surface area is 171 Å². The summed E-state index contributed by atoms with van der Waals surface area (Å²) >= 11 is 0. The summed E-state index contributed by atoms with van der Waals surface area (Å²) in [6.45, 7) is 5.68. The van der Waals surface area contributed by atoms with Gasteiger partial charge >= 0.3 is 12.2 Å². The van der Waals surface area contributed by atoms with Crippen LogP contribution in [-0.4, -0.2) is 42.8 Å². The molecule has 0 unspecified atom stereocenters. The van der Waals surface area contributed by atoms with Crippen molar-refractivity contribution in [3.8, 4) is 12.3 Å². The number of ether oxygens (including phenoxy) is 2. The maximum Gasteiger partial charge on any atom is 0.408 e. The lowest BCUT2D eigenvalue weighted by molar-refractivity contribution is -0.123. The van der Waals surface area contributed by atoms with Crippen LogP contribution in [0.1, 0.15) is 39.2 Å². The Balaban J connectivity index is 2.41. The molecule has 0 aliphatic rings. The molecule has 8 heteroatoms. The van der Waals surface area contributed by atoms with Crippen LogP contribution in [0.2, 0.25) is 0 Å². The molecule has 3 N–H and O–H groups in total. The summed E-state index contributed by atoms with van der Waals surface area (Å²) in [4.78, 5) is 35.9. The fourth-order valence-electron chi connectivity index (χ4n) is 2.25. The molecule has 0 heterocycles. The Bertz CT molecular complexity index is 707. The van der Waals surface area contributed by atoms with Crippen LogP contribution in [0.25, 0.3) is 0 Å². The first-order chi connectivity index (χ1) is 13.7. The van der Waals surface area contributed by atoms with Crippen LogP contribution in [-0.2, 0) is 20.9 Å². The quantitative estimate of drug-likeness (QED) is 0.433. The van der Waals surface area contributed by atoms with Crippen molar-refractivity contribution in [1.82, 2.24) is 16.0 Å². The van der Waals surface area contributed by atoms with E-state index in [0.717, 1.165) is 5.56 Å². The summed E-state index contributed by atoms with van der Waals surface area (Å²) in [6, 6.07) is 8.48. The first-order valence-corrected chi connectivity index (χ1v) is 9.36. The molecule has 0 bridgehead atoms. The molecule has 1 rings (SSSR count). The van der Waals surface area contributed by atoms with Gasteiger partial charge in [0.05, 0.1) is 6.54 Å². The zero-order valence-electron chi connectivity index (χ0n) is 17.1. The molecule has 1 atom stereocenters. The number of rotatable bonds is 9. The molecular weight excluding hydrogens is 374 g/mol. The SMILES string of the molecule is C#CCNC(=O)[C@H](CCCNC(=O)OCc1ccccc1)NC(=O)OC(C)(C)C. The lowest BCUT2D eigenvalue weighted by atomic mass is 10.1. The average Bonchev–Trinajstić information content (AvgIpc) is 2.66. The smallest absolute Gasteiger partial charge is 0.408 e. The van der Waals surface area contributed by atoms with Crippen molar-refractivity contribution in [1.29, 1.82) is 0 Å². The second-order valence-corrected chi connectivity index (χ2v) is 7.25. The predicted octanol–water partition coefficient (Wildman–Crippen LogP) is 2.34. The average molecular weight is 403 g/mol. The van der Waals surface area contributed by atoms with Gasteiger partial charge in [-0.1, -0.05) is 36.3 Å². The van der Waals surface area contributed by atoms with Gasteiger partial charge in [-0.15, -0.1) is 6.42 Å². The molecule has 0 spiro atoms.